The first kappa shape index (κ1) is 11.0. The number of aliphatic imine (C=N–C) groups is 1. The van der Waals surface area contributed by atoms with E-state index in [2.05, 4.69) is 23.2 Å². The maximum absolute atomic E-state index is 11.3. The van der Waals surface area contributed by atoms with Gasteiger partial charge in [-0.05, 0) is 17.7 Å². The van der Waals surface area contributed by atoms with Crippen molar-refractivity contribution in [1.29, 1.82) is 0 Å². The summed E-state index contributed by atoms with van der Waals surface area (Å²) in [5.74, 6) is -0.251. The first-order valence-corrected chi connectivity index (χ1v) is 5.97. The van der Waals surface area contributed by atoms with Gasteiger partial charge in [0.25, 0.3) is 0 Å². The lowest BCUT2D eigenvalue weighted by Gasteiger charge is -2.18. The van der Waals surface area contributed by atoms with Crippen LogP contribution >= 0.6 is 0 Å². The van der Waals surface area contributed by atoms with E-state index in [-0.39, 0.29) is 12.6 Å². The largest absolute Gasteiger partial charge is 0.458 e. The lowest BCUT2D eigenvalue weighted by molar-refractivity contribution is -0.143. The van der Waals surface area contributed by atoms with Crippen LogP contribution in [0.4, 0.5) is 0 Å². The monoisotopic (exact) mass is 239 g/mol. The quantitative estimate of drug-likeness (QED) is 0.717. The van der Waals surface area contributed by atoms with Crippen molar-refractivity contribution >= 4 is 22.5 Å². The van der Waals surface area contributed by atoms with Gasteiger partial charge in [-0.3, -0.25) is 4.99 Å². The van der Waals surface area contributed by atoms with Gasteiger partial charge in [-0.2, -0.15) is 0 Å². The van der Waals surface area contributed by atoms with Crippen LogP contribution < -0.4 is 0 Å². The summed E-state index contributed by atoms with van der Waals surface area (Å²) in [6, 6.07) is 13.8. The van der Waals surface area contributed by atoms with Gasteiger partial charge in [0.1, 0.15) is 12.6 Å². The average Bonchev–Trinajstić information content (AvgIpc) is 2.41. The van der Waals surface area contributed by atoms with Crippen LogP contribution in [0, 0.1) is 0 Å². The molecule has 3 rings (SSSR count). The number of fused-ring (bicyclic) bond motifs is 1. The molecule has 3 heteroatoms. The zero-order chi connectivity index (χ0) is 12.5. The van der Waals surface area contributed by atoms with Gasteiger partial charge >= 0.3 is 5.97 Å². The fourth-order valence-corrected chi connectivity index (χ4v) is 2.21. The molecule has 2 aromatic rings. The highest BCUT2D eigenvalue weighted by molar-refractivity contribution is 6.13. The standard InChI is InChI=1S/C15H13NO2/c1-10-15(17)18-9-14(16-10)13-8-4-6-11-5-2-3-7-12(11)13/h2-8,10H,9H2,1H3. The number of rotatable bonds is 1. The van der Waals surface area contributed by atoms with Gasteiger partial charge in [0.05, 0.1) is 5.71 Å². The fourth-order valence-electron chi connectivity index (χ4n) is 2.21. The highest BCUT2D eigenvalue weighted by atomic mass is 16.5. The second-order valence-corrected chi connectivity index (χ2v) is 4.39. The van der Waals surface area contributed by atoms with Crippen LogP contribution in [0.1, 0.15) is 12.5 Å². The van der Waals surface area contributed by atoms with E-state index in [0.29, 0.717) is 0 Å². The van der Waals surface area contributed by atoms with Crippen LogP contribution in [0.2, 0.25) is 0 Å². The molecule has 0 amide bonds. The van der Waals surface area contributed by atoms with Crippen molar-refractivity contribution < 1.29 is 9.53 Å². The topological polar surface area (TPSA) is 38.7 Å². The molecule has 2 aromatic carbocycles. The van der Waals surface area contributed by atoms with E-state index in [1.54, 1.807) is 6.92 Å². The van der Waals surface area contributed by atoms with E-state index < -0.39 is 6.04 Å². The minimum Gasteiger partial charge on any atom is -0.458 e. The summed E-state index contributed by atoms with van der Waals surface area (Å²) in [6.07, 6.45) is 0. The smallest absolute Gasteiger partial charge is 0.330 e. The lowest BCUT2D eigenvalue weighted by atomic mass is 10.0. The minimum absolute atomic E-state index is 0.251. The predicted molar refractivity (Wildman–Crippen MR) is 70.9 cm³/mol. The molecule has 1 aliphatic heterocycles. The van der Waals surface area contributed by atoms with Gasteiger partial charge in [-0.25, -0.2) is 4.79 Å². The first-order chi connectivity index (χ1) is 8.75. The second kappa shape index (κ2) is 4.26. The third-order valence-corrected chi connectivity index (χ3v) is 3.14. The Bertz CT molecular complexity index is 640. The molecule has 1 unspecified atom stereocenters. The van der Waals surface area contributed by atoms with Crippen LogP contribution in [0.15, 0.2) is 47.5 Å². The van der Waals surface area contributed by atoms with E-state index in [9.17, 15) is 4.79 Å². The van der Waals surface area contributed by atoms with Crippen LogP contribution in [0.3, 0.4) is 0 Å². The molecule has 0 bridgehead atoms. The summed E-state index contributed by atoms with van der Waals surface area (Å²) in [6.45, 7) is 2.02. The summed E-state index contributed by atoms with van der Waals surface area (Å²) in [5.41, 5.74) is 1.89. The highest BCUT2D eigenvalue weighted by Crippen LogP contribution is 2.21. The highest BCUT2D eigenvalue weighted by Gasteiger charge is 2.22. The number of carbonyl (C=O) groups excluding carboxylic acids is 1. The molecule has 3 nitrogen and oxygen atoms in total. The van der Waals surface area contributed by atoms with E-state index in [1.807, 2.05) is 24.3 Å². The van der Waals surface area contributed by atoms with E-state index >= 15 is 0 Å². The van der Waals surface area contributed by atoms with E-state index in [0.717, 1.165) is 16.7 Å². The third kappa shape index (κ3) is 1.78. The predicted octanol–water partition coefficient (Wildman–Crippen LogP) is 2.57. The summed E-state index contributed by atoms with van der Waals surface area (Å²) in [5, 5.41) is 2.31. The maximum atomic E-state index is 11.3. The second-order valence-electron chi connectivity index (χ2n) is 4.39. The molecule has 0 N–H and O–H groups in total. The normalized spacial score (nSPS) is 19.5. The summed E-state index contributed by atoms with van der Waals surface area (Å²) >= 11 is 0. The Hall–Kier alpha value is -2.16. The molecule has 0 saturated carbocycles. The van der Waals surface area contributed by atoms with Crippen molar-refractivity contribution in [2.75, 3.05) is 6.61 Å². The Morgan fingerprint density at radius 1 is 1.17 bits per heavy atom. The molecular weight excluding hydrogens is 226 g/mol. The number of nitrogens with zero attached hydrogens (tertiary/aromatic N) is 1. The fraction of sp³-hybridized carbons (Fsp3) is 0.200. The molecule has 90 valence electrons. The number of benzene rings is 2. The Labute approximate surface area is 105 Å². The Balaban J connectivity index is 2.15. The summed E-state index contributed by atoms with van der Waals surface area (Å²) in [7, 11) is 0. The summed E-state index contributed by atoms with van der Waals surface area (Å²) < 4.78 is 5.14. The minimum atomic E-state index is -0.410. The molecule has 0 spiro atoms. The molecule has 0 radical (unpaired) electrons. The Morgan fingerprint density at radius 2 is 1.94 bits per heavy atom. The SMILES string of the molecule is CC1N=C(c2cccc3ccccc23)COC1=O. The molecule has 1 atom stereocenters. The Morgan fingerprint density at radius 3 is 2.78 bits per heavy atom. The average molecular weight is 239 g/mol. The van der Waals surface area contributed by atoms with Crippen molar-refractivity contribution in [3.05, 3.63) is 48.0 Å². The van der Waals surface area contributed by atoms with E-state index in [4.69, 9.17) is 4.74 Å². The third-order valence-electron chi connectivity index (χ3n) is 3.14. The van der Waals surface area contributed by atoms with Gasteiger partial charge in [-0.1, -0.05) is 42.5 Å². The van der Waals surface area contributed by atoms with Crippen LogP contribution in [-0.2, 0) is 9.53 Å². The number of hydrogen-bond acceptors (Lipinski definition) is 3. The van der Waals surface area contributed by atoms with Gasteiger partial charge in [-0.15, -0.1) is 0 Å². The van der Waals surface area contributed by atoms with Gasteiger partial charge in [0, 0.05) is 5.56 Å². The molecular formula is C15H13NO2. The maximum Gasteiger partial charge on any atom is 0.330 e. The molecule has 1 aliphatic rings. The zero-order valence-electron chi connectivity index (χ0n) is 10.1. The first-order valence-electron chi connectivity index (χ1n) is 5.97. The number of cyclic esters (lactones) is 1. The molecule has 0 fully saturated rings. The van der Waals surface area contributed by atoms with Crippen molar-refractivity contribution in [3.63, 3.8) is 0 Å². The van der Waals surface area contributed by atoms with Crippen molar-refractivity contribution in [2.45, 2.75) is 13.0 Å². The number of carbonyl (C=O) groups is 1. The van der Waals surface area contributed by atoms with Gasteiger partial charge < -0.3 is 4.74 Å². The number of ether oxygens (including phenoxy) is 1. The molecule has 0 aliphatic carbocycles. The lowest BCUT2D eigenvalue weighted by Crippen LogP contribution is -2.29. The van der Waals surface area contributed by atoms with Gasteiger partial charge in [0.2, 0.25) is 0 Å². The molecule has 1 heterocycles. The van der Waals surface area contributed by atoms with Gasteiger partial charge in [0.15, 0.2) is 0 Å². The zero-order valence-corrected chi connectivity index (χ0v) is 10.1. The summed E-state index contributed by atoms with van der Waals surface area (Å²) in [4.78, 5) is 15.7. The number of hydrogen-bond donors (Lipinski definition) is 0. The van der Waals surface area contributed by atoms with Crippen LogP contribution in [-0.4, -0.2) is 24.3 Å². The molecule has 18 heavy (non-hydrogen) atoms. The Kier molecular flexibility index (Phi) is 2.59. The van der Waals surface area contributed by atoms with Crippen molar-refractivity contribution in [1.82, 2.24) is 0 Å². The van der Waals surface area contributed by atoms with Crippen LogP contribution in [0.25, 0.3) is 10.8 Å². The van der Waals surface area contributed by atoms with Crippen molar-refractivity contribution in [2.24, 2.45) is 4.99 Å². The van der Waals surface area contributed by atoms with E-state index in [1.165, 1.54) is 5.39 Å². The van der Waals surface area contributed by atoms with Crippen LogP contribution in [0.5, 0.6) is 0 Å². The molecule has 0 saturated heterocycles. The number of esters is 1. The molecule has 0 aromatic heterocycles. The van der Waals surface area contributed by atoms with Crippen molar-refractivity contribution in [3.8, 4) is 0 Å².